The first-order valence-electron chi connectivity index (χ1n) is 9.02. The average Bonchev–Trinajstić information content (AvgIpc) is 3.21. The maximum absolute atomic E-state index is 13.8. The molecule has 3 heterocycles. The van der Waals surface area contributed by atoms with E-state index >= 15 is 0 Å². The van der Waals surface area contributed by atoms with Gasteiger partial charge in [-0.25, -0.2) is 9.37 Å². The molecule has 0 spiro atoms. The number of nitrogens with zero attached hydrogens (tertiary/aromatic N) is 3. The Hall–Kier alpha value is -3.06. The molecule has 2 aromatic carbocycles. The van der Waals surface area contributed by atoms with Gasteiger partial charge in [-0.15, -0.1) is 0 Å². The van der Waals surface area contributed by atoms with Crippen molar-refractivity contribution in [2.24, 2.45) is 0 Å². The number of hydrogen-bond donors (Lipinski definition) is 1. The van der Waals surface area contributed by atoms with E-state index in [0.29, 0.717) is 10.9 Å². The third-order valence-electron chi connectivity index (χ3n) is 5.07. The van der Waals surface area contributed by atoms with Crippen LogP contribution in [0.25, 0.3) is 15.3 Å². The number of rotatable bonds is 2. The third-order valence-corrected chi connectivity index (χ3v) is 6.06. The average molecular weight is 392 g/mol. The minimum Gasteiger partial charge on any atom is -0.310 e. The molecule has 5 nitrogen and oxygen atoms in total. The number of carbonyl (C=O) groups is 1. The number of benzene rings is 2. The highest BCUT2D eigenvalue weighted by Crippen LogP contribution is 2.41. The molecule has 7 heteroatoms. The Kier molecular flexibility index (Phi) is 3.80. The summed E-state index contributed by atoms with van der Waals surface area (Å²) in [6.45, 7) is 3.96. The van der Waals surface area contributed by atoms with Gasteiger partial charge in [0.15, 0.2) is 0 Å². The number of thiazole rings is 1. The molecule has 1 aliphatic rings. The number of amides is 1. The van der Waals surface area contributed by atoms with Gasteiger partial charge in [0.1, 0.15) is 11.6 Å². The standard InChI is InChI=1S/C21H17FN4OS/c1-11-6-7-16-17(8-11)28-21(23-16)26-20-19(12(2)25-26)15(10-18(27)24-20)13-4-3-5-14(22)9-13/h3-9,15H,10H2,1-2H3,(H,24,27)/t15-/m0/s1. The number of nitrogens with one attached hydrogen (secondary N) is 1. The summed E-state index contributed by atoms with van der Waals surface area (Å²) >= 11 is 1.53. The molecule has 0 aliphatic carbocycles. The van der Waals surface area contributed by atoms with Crippen molar-refractivity contribution in [1.82, 2.24) is 14.8 Å². The molecule has 1 amide bonds. The summed E-state index contributed by atoms with van der Waals surface area (Å²) in [5.41, 5.74) is 4.57. The predicted octanol–water partition coefficient (Wildman–Crippen LogP) is 4.71. The number of aromatic nitrogens is 3. The molecule has 2 aromatic heterocycles. The topological polar surface area (TPSA) is 59.8 Å². The molecular weight excluding hydrogens is 375 g/mol. The van der Waals surface area contributed by atoms with Crippen molar-refractivity contribution in [2.75, 3.05) is 5.32 Å². The van der Waals surface area contributed by atoms with Crippen molar-refractivity contribution >= 4 is 33.3 Å². The van der Waals surface area contributed by atoms with Crippen LogP contribution in [0.4, 0.5) is 10.2 Å². The molecule has 0 fully saturated rings. The summed E-state index contributed by atoms with van der Waals surface area (Å²) in [6, 6.07) is 12.5. The van der Waals surface area contributed by atoms with Gasteiger partial charge in [0.05, 0.1) is 15.9 Å². The van der Waals surface area contributed by atoms with Crippen LogP contribution in [0.3, 0.4) is 0 Å². The lowest BCUT2D eigenvalue weighted by atomic mass is 9.86. The number of aryl methyl sites for hydroxylation is 2. The highest BCUT2D eigenvalue weighted by atomic mass is 32.1. The first-order chi connectivity index (χ1) is 13.5. The molecule has 140 valence electrons. The lowest BCUT2D eigenvalue weighted by molar-refractivity contribution is -0.116. The molecule has 28 heavy (non-hydrogen) atoms. The van der Waals surface area contributed by atoms with Crippen LogP contribution in [0, 0.1) is 19.7 Å². The number of halogens is 1. The minimum absolute atomic E-state index is 0.111. The van der Waals surface area contributed by atoms with Gasteiger partial charge in [0, 0.05) is 17.9 Å². The Morgan fingerprint density at radius 2 is 2.07 bits per heavy atom. The largest absolute Gasteiger partial charge is 0.310 e. The second kappa shape index (κ2) is 6.24. The maximum Gasteiger partial charge on any atom is 0.226 e. The first kappa shape index (κ1) is 17.1. The SMILES string of the molecule is Cc1ccc2nc(-n3nc(C)c4c3NC(=O)C[C@H]4c3cccc(F)c3)sc2c1. The van der Waals surface area contributed by atoms with Crippen LogP contribution < -0.4 is 5.32 Å². The highest BCUT2D eigenvalue weighted by molar-refractivity contribution is 7.20. The van der Waals surface area contributed by atoms with Crippen LogP contribution in [-0.4, -0.2) is 20.7 Å². The smallest absolute Gasteiger partial charge is 0.226 e. The van der Waals surface area contributed by atoms with Crippen molar-refractivity contribution in [3.63, 3.8) is 0 Å². The number of carbonyl (C=O) groups excluding carboxylic acids is 1. The summed E-state index contributed by atoms with van der Waals surface area (Å²) in [5, 5.41) is 8.32. The quantitative estimate of drug-likeness (QED) is 0.537. The molecule has 1 N–H and O–H groups in total. The van der Waals surface area contributed by atoms with E-state index in [9.17, 15) is 9.18 Å². The van der Waals surface area contributed by atoms with Crippen molar-refractivity contribution in [1.29, 1.82) is 0 Å². The lowest BCUT2D eigenvalue weighted by Gasteiger charge is -2.24. The molecule has 0 saturated carbocycles. The molecule has 0 saturated heterocycles. The van der Waals surface area contributed by atoms with Gasteiger partial charge in [0.25, 0.3) is 0 Å². The fraction of sp³-hybridized carbons (Fsp3) is 0.190. The van der Waals surface area contributed by atoms with Gasteiger partial charge >= 0.3 is 0 Å². The molecule has 4 aromatic rings. The van der Waals surface area contributed by atoms with Gasteiger partial charge in [-0.3, -0.25) is 4.79 Å². The van der Waals surface area contributed by atoms with Gasteiger partial charge in [-0.2, -0.15) is 9.78 Å². The van der Waals surface area contributed by atoms with E-state index in [-0.39, 0.29) is 24.1 Å². The molecule has 1 atom stereocenters. The maximum atomic E-state index is 13.8. The monoisotopic (exact) mass is 392 g/mol. The number of anilines is 1. The van der Waals surface area contributed by atoms with Crippen molar-refractivity contribution in [3.05, 3.63) is 70.7 Å². The molecule has 0 unspecified atom stereocenters. The van der Waals surface area contributed by atoms with Gasteiger partial charge < -0.3 is 5.32 Å². The number of fused-ring (bicyclic) bond motifs is 2. The van der Waals surface area contributed by atoms with Crippen molar-refractivity contribution in [2.45, 2.75) is 26.2 Å². The van der Waals surface area contributed by atoms with Crippen LogP contribution in [0.15, 0.2) is 42.5 Å². The Balaban J connectivity index is 1.68. The number of hydrogen-bond acceptors (Lipinski definition) is 4. The molecule has 1 aliphatic heterocycles. The van der Waals surface area contributed by atoms with E-state index < -0.39 is 0 Å². The fourth-order valence-electron chi connectivity index (χ4n) is 3.80. The molecule has 0 bridgehead atoms. The lowest BCUT2D eigenvalue weighted by Crippen LogP contribution is -2.25. The van der Waals surface area contributed by atoms with Crippen LogP contribution >= 0.6 is 11.3 Å². The molecule has 0 radical (unpaired) electrons. The van der Waals surface area contributed by atoms with Crippen LogP contribution in [-0.2, 0) is 4.79 Å². The Morgan fingerprint density at radius 3 is 2.89 bits per heavy atom. The van der Waals surface area contributed by atoms with Crippen molar-refractivity contribution in [3.8, 4) is 5.13 Å². The highest BCUT2D eigenvalue weighted by Gasteiger charge is 2.33. The van der Waals surface area contributed by atoms with E-state index in [2.05, 4.69) is 16.5 Å². The zero-order valence-corrected chi connectivity index (χ0v) is 16.2. The second-order valence-electron chi connectivity index (χ2n) is 7.09. The fourth-order valence-corrected chi connectivity index (χ4v) is 4.83. The Bertz CT molecular complexity index is 1240. The summed E-state index contributed by atoms with van der Waals surface area (Å²) in [4.78, 5) is 17.1. The second-order valence-corrected chi connectivity index (χ2v) is 8.10. The minimum atomic E-state index is -0.309. The van der Waals surface area contributed by atoms with E-state index in [1.165, 1.54) is 29.0 Å². The molecular formula is C21H17FN4OS. The van der Waals surface area contributed by atoms with Crippen LogP contribution in [0.2, 0.25) is 0 Å². The molecule has 5 rings (SSSR count). The van der Waals surface area contributed by atoms with E-state index in [4.69, 9.17) is 4.98 Å². The van der Waals surface area contributed by atoms with Crippen molar-refractivity contribution < 1.29 is 9.18 Å². The van der Waals surface area contributed by atoms with E-state index in [1.807, 2.05) is 32.0 Å². The summed E-state index contributed by atoms with van der Waals surface area (Å²) in [7, 11) is 0. The summed E-state index contributed by atoms with van der Waals surface area (Å²) in [5.74, 6) is -0.0277. The normalized spacial score (nSPS) is 16.2. The predicted molar refractivity (Wildman–Crippen MR) is 108 cm³/mol. The summed E-state index contributed by atoms with van der Waals surface area (Å²) < 4.78 is 16.6. The first-order valence-corrected chi connectivity index (χ1v) is 9.83. The van der Waals surface area contributed by atoms with Gasteiger partial charge in [-0.05, 0) is 49.2 Å². The zero-order valence-electron chi connectivity index (χ0n) is 15.4. The third kappa shape index (κ3) is 2.70. The van der Waals surface area contributed by atoms with Crippen LogP contribution in [0.5, 0.6) is 0 Å². The Morgan fingerprint density at radius 1 is 1.21 bits per heavy atom. The van der Waals surface area contributed by atoms with Gasteiger partial charge in [0.2, 0.25) is 11.0 Å². The van der Waals surface area contributed by atoms with Crippen LogP contribution in [0.1, 0.15) is 34.7 Å². The Labute approximate surface area is 164 Å². The summed E-state index contributed by atoms with van der Waals surface area (Å²) in [6.07, 6.45) is 0.266. The van der Waals surface area contributed by atoms with Gasteiger partial charge in [-0.1, -0.05) is 29.5 Å². The zero-order chi connectivity index (χ0) is 19.4. The van der Waals surface area contributed by atoms with E-state index in [1.54, 1.807) is 10.7 Å². The van der Waals surface area contributed by atoms with E-state index in [0.717, 1.165) is 27.0 Å².